The number of sulfonamides is 1. The maximum atomic E-state index is 12.2. The van der Waals surface area contributed by atoms with Crippen molar-refractivity contribution in [1.29, 1.82) is 0 Å². The second-order valence-electron chi connectivity index (χ2n) is 5.81. The Morgan fingerprint density at radius 3 is 2.25 bits per heavy atom. The van der Waals surface area contributed by atoms with Crippen LogP contribution in [0.3, 0.4) is 0 Å². The Hall–Kier alpha value is -2.34. The summed E-state index contributed by atoms with van der Waals surface area (Å²) < 4.78 is 25.2. The van der Waals surface area contributed by atoms with Gasteiger partial charge in [0.15, 0.2) is 0 Å². The number of nitrogens with one attached hydrogen (secondary N) is 1. The molecule has 0 aromatic heterocycles. The van der Waals surface area contributed by atoms with Gasteiger partial charge in [0.25, 0.3) is 0 Å². The third kappa shape index (κ3) is 4.83. The molecule has 2 rings (SSSR count). The molecule has 0 aliphatic carbocycles. The summed E-state index contributed by atoms with van der Waals surface area (Å²) in [7, 11) is -3.54. The molecular weight excluding hydrogens is 324 g/mol. The zero-order chi connectivity index (χ0) is 17.7. The molecule has 0 unspecified atom stereocenters. The molecule has 0 radical (unpaired) electrons. The Labute approximate surface area is 143 Å². The molecule has 0 bridgehead atoms. The molecule has 0 saturated carbocycles. The van der Waals surface area contributed by atoms with E-state index in [0.717, 1.165) is 27.3 Å². The maximum absolute atomic E-state index is 12.2. The van der Waals surface area contributed by atoms with E-state index in [9.17, 15) is 13.2 Å². The van der Waals surface area contributed by atoms with E-state index in [-0.39, 0.29) is 12.5 Å². The molecule has 1 amide bonds. The number of hydrogen-bond donors (Lipinski definition) is 1. The summed E-state index contributed by atoms with van der Waals surface area (Å²) in [6, 6.07) is 14.8. The zero-order valence-corrected chi connectivity index (χ0v) is 14.9. The van der Waals surface area contributed by atoms with Gasteiger partial charge in [0.1, 0.15) is 6.54 Å². The first kappa shape index (κ1) is 18.0. The summed E-state index contributed by atoms with van der Waals surface area (Å²) in [5.41, 5.74) is 3.59. The van der Waals surface area contributed by atoms with Crippen LogP contribution in [0.1, 0.15) is 16.7 Å². The number of carbonyl (C=O) groups is 1. The molecule has 0 spiro atoms. The highest BCUT2D eigenvalue weighted by Crippen LogP contribution is 2.17. The number of amides is 1. The van der Waals surface area contributed by atoms with E-state index in [1.165, 1.54) is 0 Å². The summed E-state index contributed by atoms with van der Waals surface area (Å²) in [6.07, 6.45) is 1.10. The molecule has 1 N–H and O–H groups in total. The van der Waals surface area contributed by atoms with Gasteiger partial charge in [0.05, 0.1) is 11.9 Å². The van der Waals surface area contributed by atoms with E-state index in [1.807, 2.05) is 50.2 Å². The molecular formula is C18H22N2O3S. The third-order valence-corrected chi connectivity index (χ3v) is 4.89. The van der Waals surface area contributed by atoms with E-state index in [0.29, 0.717) is 12.2 Å². The molecule has 2 aromatic rings. The van der Waals surface area contributed by atoms with Gasteiger partial charge in [0, 0.05) is 6.54 Å². The average molecular weight is 346 g/mol. The Morgan fingerprint density at radius 1 is 1.04 bits per heavy atom. The SMILES string of the molecule is Cc1ccc(N(CC(=O)NCc2ccccc2C)S(C)(=O)=O)cc1. The van der Waals surface area contributed by atoms with E-state index in [4.69, 9.17) is 0 Å². The van der Waals surface area contributed by atoms with E-state index >= 15 is 0 Å². The highest BCUT2D eigenvalue weighted by molar-refractivity contribution is 7.92. The normalized spacial score (nSPS) is 11.1. The molecule has 5 nitrogen and oxygen atoms in total. The fourth-order valence-electron chi connectivity index (χ4n) is 2.30. The second-order valence-corrected chi connectivity index (χ2v) is 7.72. The lowest BCUT2D eigenvalue weighted by molar-refractivity contribution is -0.119. The number of nitrogens with zero attached hydrogens (tertiary/aromatic N) is 1. The van der Waals surface area contributed by atoms with Crippen molar-refractivity contribution in [3.63, 3.8) is 0 Å². The van der Waals surface area contributed by atoms with Gasteiger partial charge in [0.2, 0.25) is 15.9 Å². The number of benzene rings is 2. The molecule has 0 atom stereocenters. The predicted molar refractivity (Wildman–Crippen MR) is 96.4 cm³/mol. The number of hydrogen-bond acceptors (Lipinski definition) is 3. The molecule has 24 heavy (non-hydrogen) atoms. The van der Waals surface area contributed by atoms with Crippen LogP contribution in [0.4, 0.5) is 5.69 Å². The Balaban J connectivity index is 2.08. The minimum absolute atomic E-state index is 0.242. The summed E-state index contributed by atoms with van der Waals surface area (Å²) in [4.78, 5) is 12.2. The van der Waals surface area contributed by atoms with Crippen LogP contribution in [-0.4, -0.2) is 27.1 Å². The number of aryl methyl sites for hydroxylation is 2. The van der Waals surface area contributed by atoms with Crippen LogP contribution in [0.5, 0.6) is 0 Å². The molecule has 0 aliphatic heterocycles. The van der Waals surface area contributed by atoms with Crippen molar-refractivity contribution in [2.75, 3.05) is 17.1 Å². The second kappa shape index (κ2) is 7.49. The summed E-state index contributed by atoms with van der Waals surface area (Å²) in [5, 5.41) is 2.78. The number of carbonyl (C=O) groups excluding carboxylic acids is 1. The van der Waals surface area contributed by atoms with Gasteiger partial charge in [-0.05, 0) is 37.1 Å². The van der Waals surface area contributed by atoms with Gasteiger partial charge >= 0.3 is 0 Å². The van der Waals surface area contributed by atoms with E-state index in [2.05, 4.69) is 5.32 Å². The van der Waals surface area contributed by atoms with Gasteiger partial charge in [-0.15, -0.1) is 0 Å². The summed E-state index contributed by atoms with van der Waals surface area (Å²) >= 11 is 0. The van der Waals surface area contributed by atoms with Crippen LogP contribution >= 0.6 is 0 Å². The molecule has 0 fully saturated rings. The predicted octanol–water partition coefficient (Wildman–Crippen LogP) is 2.39. The molecule has 6 heteroatoms. The van der Waals surface area contributed by atoms with Crippen molar-refractivity contribution in [2.45, 2.75) is 20.4 Å². The first-order valence-corrected chi connectivity index (χ1v) is 9.48. The van der Waals surface area contributed by atoms with Crippen LogP contribution in [0.25, 0.3) is 0 Å². The van der Waals surface area contributed by atoms with Crippen molar-refractivity contribution < 1.29 is 13.2 Å². The van der Waals surface area contributed by atoms with Crippen LogP contribution in [-0.2, 0) is 21.4 Å². The lowest BCUT2D eigenvalue weighted by atomic mass is 10.1. The highest BCUT2D eigenvalue weighted by Gasteiger charge is 2.20. The number of rotatable bonds is 6. The largest absolute Gasteiger partial charge is 0.350 e. The molecule has 128 valence electrons. The first-order chi connectivity index (χ1) is 11.3. The third-order valence-electron chi connectivity index (χ3n) is 3.75. The van der Waals surface area contributed by atoms with Gasteiger partial charge in [-0.1, -0.05) is 42.0 Å². The number of anilines is 1. The van der Waals surface area contributed by atoms with Crippen molar-refractivity contribution in [3.8, 4) is 0 Å². The van der Waals surface area contributed by atoms with Crippen LogP contribution in [0.15, 0.2) is 48.5 Å². The first-order valence-electron chi connectivity index (χ1n) is 7.63. The highest BCUT2D eigenvalue weighted by atomic mass is 32.2. The van der Waals surface area contributed by atoms with E-state index in [1.54, 1.807) is 12.1 Å². The fourth-order valence-corrected chi connectivity index (χ4v) is 3.16. The van der Waals surface area contributed by atoms with Crippen molar-refractivity contribution in [2.24, 2.45) is 0 Å². The van der Waals surface area contributed by atoms with Crippen LogP contribution in [0, 0.1) is 13.8 Å². The summed E-state index contributed by atoms with van der Waals surface area (Å²) in [6.45, 7) is 4.02. The lowest BCUT2D eigenvalue weighted by Crippen LogP contribution is -2.40. The maximum Gasteiger partial charge on any atom is 0.241 e. The average Bonchev–Trinajstić information content (AvgIpc) is 2.52. The van der Waals surface area contributed by atoms with Crippen LogP contribution < -0.4 is 9.62 Å². The Morgan fingerprint density at radius 2 is 1.67 bits per heavy atom. The van der Waals surface area contributed by atoms with Gasteiger partial charge in [-0.3, -0.25) is 9.10 Å². The Kier molecular flexibility index (Phi) is 5.62. The van der Waals surface area contributed by atoms with Crippen molar-refractivity contribution >= 4 is 21.6 Å². The topological polar surface area (TPSA) is 66.5 Å². The van der Waals surface area contributed by atoms with Crippen LogP contribution in [0.2, 0.25) is 0 Å². The van der Waals surface area contributed by atoms with E-state index < -0.39 is 10.0 Å². The quantitative estimate of drug-likeness (QED) is 0.873. The lowest BCUT2D eigenvalue weighted by Gasteiger charge is -2.22. The molecule has 0 aliphatic rings. The van der Waals surface area contributed by atoms with Gasteiger partial charge in [-0.2, -0.15) is 0 Å². The zero-order valence-electron chi connectivity index (χ0n) is 14.1. The molecule has 0 heterocycles. The molecule has 0 saturated heterocycles. The molecule has 2 aromatic carbocycles. The standard InChI is InChI=1S/C18H22N2O3S/c1-14-8-10-17(11-9-14)20(24(3,22)23)13-18(21)19-12-16-7-5-4-6-15(16)2/h4-11H,12-13H2,1-3H3,(H,19,21). The monoisotopic (exact) mass is 346 g/mol. The Bertz CT molecular complexity index is 814. The van der Waals surface area contributed by atoms with Crippen molar-refractivity contribution in [1.82, 2.24) is 5.32 Å². The minimum Gasteiger partial charge on any atom is -0.350 e. The minimum atomic E-state index is -3.54. The van der Waals surface area contributed by atoms with Crippen molar-refractivity contribution in [3.05, 3.63) is 65.2 Å². The fraction of sp³-hybridized carbons (Fsp3) is 0.278. The summed E-state index contributed by atoms with van der Waals surface area (Å²) in [5.74, 6) is -0.343. The smallest absolute Gasteiger partial charge is 0.241 e. The van der Waals surface area contributed by atoms with Gasteiger partial charge < -0.3 is 5.32 Å². The van der Waals surface area contributed by atoms with Gasteiger partial charge in [-0.25, -0.2) is 8.42 Å².